The molecule has 0 aliphatic carbocycles. The van der Waals surface area contributed by atoms with Gasteiger partial charge in [0.05, 0.1) is 11.1 Å². The number of nitrogens with one attached hydrogen (secondary N) is 1. The van der Waals surface area contributed by atoms with E-state index in [9.17, 15) is 14.0 Å². The first-order valence-corrected chi connectivity index (χ1v) is 11.6. The molecule has 0 unspecified atom stereocenters. The van der Waals surface area contributed by atoms with Gasteiger partial charge in [0, 0.05) is 43.1 Å². The lowest BCUT2D eigenvalue weighted by Gasteiger charge is -2.17. The lowest BCUT2D eigenvalue weighted by Crippen LogP contribution is -2.29. The third kappa shape index (κ3) is 5.38. The summed E-state index contributed by atoms with van der Waals surface area (Å²) in [6.07, 6.45) is 1.46. The smallest absolute Gasteiger partial charge is 0.252 e. The molecule has 5 nitrogen and oxygen atoms in total. The number of para-hydroxylation sites is 1. The van der Waals surface area contributed by atoms with Crippen LogP contribution < -0.4 is 5.32 Å². The van der Waals surface area contributed by atoms with Crippen molar-refractivity contribution in [2.45, 2.75) is 39.0 Å². The topological polar surface area (TPSA) is 62.3 Å². The average Bonchev–Trinajstić information content (AvgIpc) is 3.31. The zero-order chi connectivity index (χ0) is 23.4. The number of pyridine rings is 1. The molecule has 1 aromatic heterocycles. The maximum Gasteiger partial charge on any atom is 0.252 e. The Balaban J connectivity index is 1.48. The summed E-state index contributed by atoms with van der Waals surface area (Å²) in [7, 11) is 0. The number of nitrogens with zero attached hydrogens (tertiary/aromatic N) is 2. The fraction of sp³-hybridized carbons (Fsp3) is 0.370. The minimum atomic E-state index is -0.270. The first-order valence-electron chi connectivity index (χ1n) is 11.6. The van der Waals surface area contributed by atoms with Crippen LogP contribution in [0.5, 0.6) is 0 Å². The van der Waals surface area contributed by atoms with Crippen LogP contribution in [0.2, 0.25) is 0 Å². The number of benzene rings is 2. The summed E-state index contributed by atoms with van der Waals surface area (Å²) in [5.74, 6) is 0.0907. The van der Waals surface area contributed by atoms with Crippen molar-refractivity contribution in [2.24, 2.45) is 5.92 Å². The van der Waals surface area contributed by atoms with Gasteiger partial charge in [-0.15, -0.1) is 0 Å². The van der Waals surface area contributed by atoms with Crippen LogP contribution in [-0.4, -0.2) is 41.3 Å². The van der Waals surface area contributed by atoms with E-state index in [1.807, 2.05) is 35.2 Å². The van der Waals surface area contributed by atoms with Gasteiger partial charge in [-0.2, -0.15) is 0 Å². The molecule has 0 spiro atoms. The molecule has 6 heteroatoms. The second-order valence-corrected chi connectivity index (χ2v) is 9.13. The Hall–Kier alpha value is -3.28. The zero-order valence-electron chi connectivity index (χ0n) is 19.2. The predicted molar refractivity (Wildman–Crippen MR) is 128 cm³/mol. The molecule has 1 N–H and O–H groups in total. The summed E-state index contributed by atoms with van der Waals surface area (Å²) in [5, 5.41) is 3.84. The summed E-state index contributed by atoms with van der Waals surface area (Å²) in [6, 6.07) is 16.1. The number of carbonyl (C=O) groups is 2. The first kappa shape index (κ1) is 22.9. The highest BCUT2D eigenvalue weighted by molar-refractivity contribution is 6.06. The molecule has 3 aromatic rings. The largest absolute Gasteiger partial charge is 0.352 e. The molecule has 1 saturated heterocycles. The molecule has 2 amide bonds. The van der Waals surface area contributed by atoms with Gasteiger partial charge in [-0.25, -0.2) is 4.39 Å². The number of fused-ring (bicyclic) bond motifs is 1. The van der Waals surface area contributed by atoms with Gasteiger partial charge in [0.2, 0.25) is 5.91 Å². The van der Waals surface area contributed by atoms with Crippen LogP contribution in [0.1, 0.15) is 54.2 Å². The third-order valence-corrected chi connectivity index (χ3v) is 6.18. The lowest BCUT2D eigenvalue weighted by atomic mass is 9.99. The summed E-state index contributed by atoms with van der Waals surface area (Å²) >= 11 is 0. The molecule has 0 radical (unpaired) electrons. The standard InChI is InChI=1S/C27H30FN3O2/c1-18(2)16-29-27(33)22-15-25(30-24-10-6-4-8-21(22)24)20-13-14-31(17-20)26(32)12-11-19-7-3-5-9-23(19)28/h3-10,15,18,20H,11-14,16-17H2,1-2H3,(H,29,33)/t20-/m0/s1. The van der Waals surface area contributed by atoms with Crippen LogP contribution in [0, 0.1) is 11.7 Å². The van der Waals surface area contributed by atoms with Gasteiger partial charge in [0.1, 0.15) is 5.82 Å². The minimum Gasteiger partial charge on any atom is -0.352 e. The second kappa shape index (κ2) is 10.1. The highest BCUT2D eigenvalue weighted by atomic mass is 19.1. The number of halogens is 1. The molecule has 0 bridgehead atoms. The van der Waals surface area contributed by atoms with Crippen molar-refractivity contribution in [1.29, 1.82) is 0 Å². The molecule has 0 saturated carbocycles. The number of likely N-dealkylation sites (tertiary alicyclic amines) is 1. The number of rotatable bonds is 7. The number of carbonyl (C=O) groups excluding carboxylic acids is 2. The molecule has 2 aromatic carbocycles. The molecule has 172 valence electrons. The zero-order valence-corrected chi connectivity index (χ0v) is 19.2. The van der Waals surface area contributed by atoms with E-state index in [0.29, 0.717) is 43.1 Å². The van der Waals surface area contributed by atoms with E-state index < -0.39 is 0 Å². The van der Waals surface area contributed by atoms with E-state index in [4.69, 9.17) is 4.98 Å². The van der Waals surface area contributed by atoms with Gasteiger partial charge in [-0.05, 0) is 42.5 Å². The maximum absolute atomic E-state index is 13.9. The predicted octanol–water partition coefficient (Wildman–Crippen LogP) is 4.71. The normalized spacial score (nSPS) is 15.9. The molecule has 4 rings (SSSR count). The molecular formula is C27H30FN3O2. The minimum absolute atomic E-state index is 0.0245. The van der Waals surface area contributed by atoms with E-state index in [1.165, 1.54) is 6.07 Å². The van der Waals surface area contributed by atoms with Crippen molar-refractivity contribution in [3.8, 4) is 0 Å². The second-order valence-electron chi connectivity index (χ2n) is 9.13. The number of aromatic nitrogens is 1. The van der Waals surface area contributed by atoms with Gasteiger partial charge >= 0.3 is 0 Å². The third-order valence-electron chi connectivity index (χ3n) is 6.18. The van der Waals surface area contributed by atoms with Crippen LogP contribution in [0.25, 0.3) is 10.9 Å². The number of amides is 2. The summed E-state index contributed by atoms with van der Waals surface area (Å²) in [5.41, 5.74) is 2.82. The molecular weight excluding hydrogens is 417 g/mol. The van der Waals surface area contributed by atoms with Crippen LogP contribution in [0.3, 0.4) is 0 Å². The SMILES string of the molecule is CC(C)CNC(=O)c1cc([C@H]2CCN(C(=O)CCc3ccccc3F)C2)nc2ccccc12. The highest BCUT2D eigenvalue weighted by Gasteiger charge is 2.29. The van der Waals surface area contributed by atoms with Gasteiger partial charge in [0.25, 0.3) is 5.91 Å². The Morgan fingerprint density at radius 1 is 1.15 bits per heavy atom. The Labute approximate surface area is 194 Å². The quantitative estimate of drug-likeness (QED) is 0.571. The molecule has 1 fully saturated rings. The van der Waals surface area contributed by atoms with E-state index in [0.717, 1.165) is 23.0 Å². The fourth-order valence-electron chi connectivity index (χ4n) is 4.31. The van der Waals surface area contributed by atoms with Crippen LogP contribution in [-0.2, 0) is 11.2 Å². The molecule has 33 heavy (non-hydrogen) atoms. The van der Waals surface area contributed by atoms with Crippen molar-refractivity contribution in [3.05, 3.63) is 77.2 Å². The molecule has 2 heterocycles. The maximum atomic E-state index is 13.9. The first-order chi connectivity index (χ1) is 15.9. The van der Waals surface area contributed by atoms with Crippen LogP contribution in [0.4, 0.5) is 4.39 Å². The van der Waals surface area contributed by atoms with Crippen LogP contribution >= 0.6 is 0 Å². The number of hydrogen-bond donors (Lipinski definition) is 1. The molecule has 1 atom stereocenters. The Morgan fingerprint density at radius 3 is 2.70 bits per heavy atom. The molecule has 1 aliphatic heterocycles. The van der Waals surface area contributed by atoms with Crippen LogP contribution in [0.15, 0.2) is 54.6 Å². The average molecular weight is 448 g/mol. The van der Waals surface area contributed by atoms with Gasteiger partial charge in [-0.1, -0.05) is 50.2 Å². The van der Waals surface area contributed by atoms with E-state index in [1.54, 1.807) is 18.2 Å². The summed E-state index contributed by atoms with van der Waals surface area (Å²) < 4.78 is 13.9. The number of aryl methyl sites for hydroxylation is 1. The Kier molecular flexibility index (Phi) is 7.02. The van der Waals surface area contributed by atoms with Crippen molar-refractivity contribution in [3.63, 3.8) is 0 Å². The van der Waals surface area contributed by atoms with Crippen molar-refractivity contribution < 1.29 is 14.0 Å². The van der Waals surface area contributed by atoms with Crippen molar-refractivity contribution in [1.82, 2.24) is 15.2 Å². The van der Waals surface area contributed by atoms with Crippen molar-refractivity contribution >= 4 is 22.7 Å². The highest BCUT2D eigenvalue weighted by Crippen LogP contribution is 2.30. The van der Waals surface area contributed by atoms with Gasteiger partial charge in [0.15, 0.2) is 0 Å². The lowest BCUT2D eigenvalue weighted by molar-refractivity contribution is -0.130. The Bertz CT molecular complexity index is 1160. The monoisotopic (exact) mass is 447 g/mol. The van der Waals surface area contributed by atoms with E-state index >= 15 is 0 Å². The Morgan fingerprint density at radius 2 is 1.91 bits per heavy atom. The number of hydrogen-bond acceptors (Lipinski definition) is 3. The van der Waals surface area contributed by atoms with Crippen molar-refractivity contribution in [2.75, 3.05) is 19.6 Å². The van der Waals surface area contributed by atoms with E-state index in [2.05, 4.69) is 19.2 Å². The fourth-order valence-corrected chi connectivity index (χ4v) is 4.31. The van der Waals surface area contributed by atoms with E-state index in [-0.39, 0.29) is 30.0 Å². The summed E-state index contributed by atoms with van der Waals surface area (Å²) in [6.45, 7) is 5.94. The van der Waals surface area contributed by atoms with Gasteiger partial charge < -0.3 is 10.2 Å². The van der Waals surface area contributed by atoms with Gasteiger partial charge in [-0.3, -0.25) is 14.6 Å². The molecule has 1 aliphatic rings. The summed E-state index contributed by atoms with van der Waals surface area (Å²) in [4.78, 5) is 32.3.